The van der Waals surface area contributed by atoms with Gasteiger partial charge in [0, 0.05) is 6.42 Å². The van der Waals surface area contributed by atoms with Crippen LogP contribution in [0.4, 0.5) is 0 Å². The molecule has 0 saturated heterocycles. The van der Waals surface area contributed by atoms with E-state index in [9.17, 15) is 5.11 Å². The van der Waals surface area contributed by atoms with Gasteiger partial charge in [0.25, 0.3) is 0 Å². The lowest BCUT2D eigenvalue weighted by atomic mass is 9.96. The first-order valence-electron chi connectivity index (χ1n) is 6.38. The smallest absolute Gasteiger partial charge is 0.122 e. The molecule has 0 radical (unpaired) electrons. The van der Waals surface area contributed by atoms with Crippen molar-refractivity contribution in [1.82, 2.24) is 0 Å². The Morgan fingerprint density at radius 2 is 2.06 bits per heavy atom. The minimum Gasteiger partial charge on any atom is -0.496 e. The maximum Gasteiger partial charge on any atom is 0.122 e. The second-order valence-corrected chi connectivity index (χ2v) is 4.92. The van der Waals surface area contributed by atoms with Crippen LogP contribution in [0.3, 0.4) is 0 Å². The van der Waals surface area contributed by atoms with Gasteiger partial charge in [-0.15, -0.1) is 0 Å². The number of aryl methyl sites for hydroxylation is 1. The number of aliphatic hydroxyl groups excluding tert-OH is 1. The van der Waals surface area contributed by atoms with Gasteiger partial charge in [-0.25, -0.2) is 0 Å². The van der Waals surface area contributed by atoms with Gasteiger partial charge in [-0.05, 0) is 30.9 Å². The van der Waals surface area contributed by atoms with E-state index >= 15 is 0 Å². The number of methoxy groups -OCH3 is 1. The molecule has 0 bridgehead atoms. The van der Waals surface area contributed by atoms with E-state index in [1.807, 2.05) is 12.1 Å². The molecule has 0 spiro atoms. The number of ether oxygens (including phenoxy) is 1. The van der Waals surface area contributed by atoms with Crippen molar-refractivity contribution in [3.63, 3.8) is 0 Å². The van der Waals surface area contributed by atoms with Gasteiger partial charge >= 0.3 is 0 Å². The quantitative estimate of drug-likeness (QED) is 0.821. The van der Waals surface area contributed by atoms with E-state index in [4.69, 9.17) is 4.74 Å². The highest BCUT2D eigenvalue weighted by Crippen LogP contribution is 2.23. The maximum absolute atomic E-state index is 10.1. The molecule has 2 heteroatoms. The summed E-state index contributed by atoms with van der Waals surface area (Å²) in [6, 6.07) is 6.10. The van der Waals surface area contributed by atoms with Crippen molar-refractivity contribution < 1.29 is 9.84 Å². The summed E-state index contributed by atoms with van der Waals surface area (Å²) in [6.45, 7) is 6.39. The van der Waals surface area contributed by atoms with Gasteiger partial charge in [0.2, 0.25) is 0 Å². The normalized spacial score (nSPS) is 14.4. The van der Waals surface area contributed by atoms with Gasteiger partial charge in [-0.2, -0.15) is 0 Å². The highest BCUT2D eigenvalue weighted by atomic mass is 16.5. The molecule has 1 aromatic carbocycles. The molecule has 96 valence electrons. The summed E-state index contributed by atoms with van der Waals surface area (Å²) < 4.78 is 5.32. The van der Waals surface area contributed by atoms with E-state index in [1.54, 1.807) is 7.11 Å². The largest absolute Gasteiger partial charge is 0.496 e. The van der Waals surface area contributed by atoms with Crippen LogP contribution in [0.2, 0.25) is 0 Å². The van der Waals surface area contributed by atoms with Crippen LogP contribution < -0.4 is 4.74 Å². The van der Waals surface area contributed by atoms with Crippen LogP contribution in [0.15, 0.2) is 18.2 Å². The average molecular weight is 236 g/mol. The number of hydrogen-bond acceptors (Lipinski definition) is 2. The van der Waals surface area contributed by atoms with E-state index in [-0.39, 0.29) is 6.10 Å². The Morgan fingerprint density at radius 3 is 2.65 bits per heavy atom. The molecule has 2 nitrogen and oxygen atoms in total. The fraction of sp³-hybridized carbons (Fsp3) is 0.600. The third-order valence-electron chi connectivity index (χ3n) is 3.26. The van der Waals surface area contributed by atoms with Crippen LogP contribution in [0.25, 0.3) is 0 Å². The first kappa shape index (κ1) is 14.0. The average Bonchev–Trinajstić information content (AvgIpc) is 2.29. The molecule has 0 aliphatic rings. The molecule has 17 heavy (non-hydrogen) atoms. The van der Waals surface area contributed by atoms with Gasteiger partial charge in [0.1, 0.15) is 5.75 Å². The van der Waals surface area contributed by atoms with E-state index in [1.165, 1.54) is 5.56 Å². The van der Waals surface area contributed by atoms with E-state index in [2.05, 4.69) is 26.8 Å². The number of rotatable bonds is 6. The maximum atomic E-state index is 10.1. The van der Waals surface area contributed by atoms with Crippen LogP contribution in [0, 0.1) is 12.8 Å². The predicted octanol–water partition coefficient (Wildman–Crippen LogP) is 3.34. The molecule has 0 heterocycles. The van der Waals surface area contributed by atoms with E-state index in [0.717, 1.165) is 24.2 Å². The van der Waals surface area contributed by atoms with Gasteiger partial charge < -0.3 is 9.84 Å². The monoisotopic (exact) mass is 236 g/mol. The molecule has 0 aromatic heterocycles. The van der Waals surface area contributed by atoms with Crippen LogP contribution in [-0.4, -0.2) is 18.3 Å². The fourth-order valence-electron chi connectivity index (χ4n) is 2.04. The minimum atomic E-state index is -0.277. The van der Waals surface area contributed by atoms with E-state index in [0.29, 0.717) is 12.3 Å². The van der Waals surface area contributed by atoms with Gasteiger partial charge in [0.15, 0.2) is 0 Å². The van der Waals surface area contributed by atoms with Crippen LogP contribution >= 0.6 is 0 Å². The third kappa shape index (κ3) is 4.39. The Morgan fingerprint density at radius 1 is 1.35 bits per heavy atom. The molecule has 0 saturated carbocycles. The van der Waals surface area contributed by atoms with E-state index < -0.39 is 0 Å². The summed E-state index contributed by atoms with van der Waals surface area (Å²) in [6.07, 6.45) is 2.37. The molecule has 2 atom stereocenters. The highest BCUT2D eigenvalue weighted by molar-refractivity contribution is 5.37. The molecule has 1 aromatic rings. The molecule has 0 aliphatic heterocycles. The number of benzene rings is 1. The van der Waals surface area contributed by atoms with Gasteiger partial charge in [-0.3, -0.25) is 0 Å². The molecule has 2 unspecified atom stereocenters. The second kappa shape index (κ2) is 6.65. The second-order valence-electron chi connectivity index (χ2n) is 4.92. The lowest BCUT2D eigenvalue weighted by Crippen LogP contribution is -2.15. The van der Waals surface area contributed by atoms with Crippen molar-refractivity contribution in [1.29, 1.82) is 0 Å². The zero-order valence-corrected chi connectivity index (χ0v) is 11.4. The minimum absolute atomic E-state index is 0.277. The highest BCUT2D eigenvalue weighted by Gasteiger charge is 2.12. The zero-order chi connectivity index (χ0) is 12.8. The van der Waals surface area contributed by atoms with Gasteiger partial charge in [-0.1, -0.05) is 38.0 Å². The van der Waals surface area contributed by atoms with Crippen LogP contribution in [0.5, 0.6) is 5.75 Å². The Balaban J connectivity index is 2.69. The lowest BCUT2D eigenvalue weighted by Gasteiger charge is -2.17. The Kier molecular flexibility index (Phi) is 5.49. The van der Waals surface area contributed by atoms with Crippen molar-refractivity contribution in [2.24, 2.45) is 5.92 Å². The molecule has 0 fully saturated rings. The van der Waals surface area contributed by atoms with Crippen molar-refractivity contribution >= 4 is 0 Å². The van der Waals surface area contributed by atoms with Crippen molar-refractivity contribution in [3.05, 3.63) is 29.3 Å². The summed E-state index contributed by atoms with van der Waals surface area (Å²) in [5.41, 5.74) is 2.31. The molecule has 1 N–H and O–H groups in total. The summed E-state index contributed by atoms with van der Waals surface area (Å²) >= 11 is 0. The third-order valence-corrected chi connectivity index (χ3v) is 3.26. The Bertz CT molecular complexity index is 347. The lowest BCUT2D eigenvalue weighted by molar-refractivity contribution is 0.144. The van der Waals surface area contributed by atoms with Crippen molar-refractivity contribution in [2.45, 2.75) is 46.1 Å². The molecule has 0 aliphatic carbocycles. The summed E-state index contributed by atoms with van der Waals surface area (Å²) in [7, 11) is 1.68. The summed E-state index contributed by atoms with van der Waals surface area (Å²) in [5.74, 6) is 1.44. The molecular weight excluding hydrogens is 212 g/mol. The Labute approximate surface area is 105 Å². The zero-order valence-electron chi connectivity index (χ0n) is 11.4. The predicted molar refractivity (Wildman–Crippen MR) is 71.5 cm³/mol. The van der Waals surface area contributed by atoms with Gasteiger partial charge in [0.05, 0.1) is 13.2 Å². The number of hydrogen-bond donors (Lipinski definition) is 1. The summed E-state index contributed by atoms with van der Waals surface area (Å²) in [4.78, 5) is 0. The molecular formula is C15H24O2. The van der Waals surface area contributed by atoms with Crippen molar-refractivity contribution in [2.75, 3.05) is 7.11 Å². The first-order valence-corrected chi connectivity index (χ1v) is 6.38. The SMILES string of the molecule is CCC(C)CC(O)Cc1cc(C)ccc1OC. The fourth-order valence-corrected chi connectivity index (χ4v) is 2.04. The Hall–Kier alpha value is -1.02. The molecule has 1 rings (SSSR count). The van der Waals surface area contributed by atoms with Crippen LogP contribution in [-0.2, 0) is 6.42 Å². The standard InChI is InChI=1S/C15H24O2/c1-5-11(2)9-14(16)10-13-8-12(3)6-7-15(13)17-4/h6-8,11,14,16H,5,9-10H2,1-4H3. The summed E-state index contributed by atoms with van der Waals surface area (Å²) in [5, 5.41) is 10.1. The van der Waals surface area contributed by atoms with Crippen molar-refractivity contribution in [3.8, 4) is 5.75 Å². The topological polar surface area (TPSA) is 29.5 Å². The first-order chi connectivity index (χ1) is 8.06. The van der Waals surface area contributed by atoms with Crippen LogP contribution in [0.1, 0.15) is 37.8 Å². The molecule has 0 amide bonds. The number of aliphatic hydroxyl groups is 1.